The fourth-order valence-electron chi connectivity index (χ4n) is 2.67. The first-order chi connectivity index (χ1) is 11.3. The SMILES string of the molecule is COc1ccc(Sc2ccc(OC)c(N3CCNCC3)c2)cc1. The van der Waals surface area contributed by atoms with Crippen molar-refractivity contribution in [2.24, 2.45) is 0 Å². The van der Waals surface area contributed by atoms with Crippen molar-refractivity contribution in [3.05, 3.63) is 42.5 Å². The van der Waals surface area contributed by atoms with E-state index in [0.717, 1.165) is 37.7 Å². The molecule has 1 N–H and O–H groups in total. The van der Waals surface area contributed by atoms with Crippen LogP contribution in [-0.4, -0.2) is 40.4 Å². The third kappa shape index (κ3) is 3.92. The van der Waals surface area contributed by atoms with Crippen molar-refractivity contribution in [3.8, 4) is 11.5 Å². The van der Waals surface area contributed by atoms with Crippen LogP contribution in [0.15, 0.2) is 52.3 Å². The lowest BCUT2D eigenvalue weighted by Gasteiger charge is -2.30. The Morgan fingerprint density at radius 3 is 2.26 bits per heavy atom. The predicted molar refractivity (Wildman–Crippen MR) is 95.2 cm³/mol. The molecule has 1 aliphatic heterocycles. The zero-order chi connectivity index (χ0) is 16.1. The molecule has 2 aromatic rings. The average Bonchev–Trinajstić information content (AvgIpc) is 2.63. The number of methoxy groups -OCH3 is 2. The Labute approximate surface area is 141 Å². The standard InChI is InChI=1S/C18H22N2O2S/c1-21-14-3-5-15(6-4-14)23-16-7-8-18(22-2)17(13-16)20-11-9-19-10-12-20/h3-8,13,19H,9-12H2,1-2H3. The van der Waals surface area contributed by atoms with Gasteiger partial charge in [-0.2, -0.15) is 0 Å². The molecule has 1 fully saturated rings. The van der Waals surface area contributed by atoms with Crippen molar-refractivity contribution in [1.29, 1.82) is 0 Å². The lowest BCUT2D eigenvalue weighted by Crippen LogP contribution is -2.43. The number of benzene rings is 2. The lowest BCUT2D eigenvalue weighted by molar-refractivity contribution is 0.412. The van der Waals surface area contributed by atoms with E-state index in [-0.39, 0.29) is 0 Å². The quantitative estimate of drug-likeness (QED) is 0.910. The second-order valence-electron chi connectivity index (χ2n) is 5.35. The summed E-state index contributed by atoms with van der Waals surface area (Å²) in [6.07, 6.45) is 0. The highest BCUT2D eigenvalue weighted by atomic mass is 32.2. The molecule has 0 atom stereocenters. The molecule has 122 valence electrons. The minimum absolute atomic E-state index is 0.880. The molecular formula is C18H22N2O2S. The van der Waals surface area contributed by atoms with Crippen LogP contribution in [0.25, 0.3) is 0 Å². The minimum atomic E-state index is 0.880. The number of anilines is 1. The van der Waals surface area contributed by atoms with E-state index in [9.17, 15) is 0 Å². The summed E-state index contributed by atoms with van der Waals surface area (Å²) in [5.41, 5.74) is 1.17. The second-order valence-corrected chi connectivity index (χ2v) is 6.50. The van der Waals surface area contributed by atoms with E-state index in [1.807, 2.05) is 12.1 Å². The van der Waals surface area contributed by atoms with Gasteiger partial charge in [0.2, 0.25) is 0 Å². The summed E-state index contributed by atoms with van der Waals surface area (Å²) in [6.45, 7) is 4.04. The van der Waals surface area contributed by atoms with Gasteiger partial charge in [0, 0.05) is 36.0 Å². The van der Waals surface area contributed by atoms with E-state index in [1.165, 1.54) is 15.5 Å². The molecule has 1 saturated heterocycles. The summed E-state index contributed by atoms with van der Waals surface area (Å²) in [5.74, 6) is 1.82. The Kier molecular flexibility index (Phi) is 5.31. The van der Waals surface area contributed by atoms with Crippen LogP contribution in [0.3, 0.4) is 0 Å². The van der Waals surface area contributed by atoms with Crippen LogP contribution in [0.1, 0.15) is 0 Å². The molecule has 0 aliphatic carbocycles. The molecule has 0 radical (unpaired) electrons. The van der Waals surface area contributed by atoms with E-state index in [2.05, 4.69) is 40.5 Å². The van der Waals surface area contributed by atoms with Gasteiger partial charge in [0.15, 0.2) is 0 Å². The van der Waals surface area contributed by atoms with Gasteiger partial charge in [-0.05, 0) is 42.5 Å². The third-order valence-corrected chi connectivity index (χ3v) is 4.90. The van der Waals surface area contributed by atoms with Crippen LogP contribution in [0.4, 0.5) is 5.69 Å². The van der Waals surface area contributed by atoms with Gasteiger partial charge in [0.25, 0.3) is 0 Å². The van der Waals surface area contributed by atoms with E-state index >= 15 is 0 Å². The number of nitrogens with zero attached hydrogens (tertiary/aromatic N) is 1. The van der Waals surface area contributed by atoms with Gasteiger partial charge in [-0.15, -0.1) is 0 Å². The molecule has 2 aromatic carbocycles. The summed E-state index contributed by atoms with van der Waals surface area (Å²) in [4.78, 5) is 4.79. The largest absolute Gasteiger partial charge is 0.497 e. The van der Waals surface area contributed by atoms with E-state index in [1.54, 1.807) is 26.0 Å². The molecule has 1 aliphatic rings. The molecule has 5 heteroatoms. The third-order valence-electron chi connectivity index (χ3n) is 3.90. The smallest absolute Gasteiger partial charge is 0.142 e. The molecule has 4 nitrogen and oxygen atoms in total. The van der Waals surface area contributed by atoms with E-state index < -0.39 is 0 Å². The topological polar surface area (TPSA) is 33.7 Å². The van der Waals surface area contributed by atoms with Gasteiger partial charge in [-0.3, -0.25) is 0 Å². The molecule has 0 bridgehead atoms. The number of piperazine rings is 1. The zero-order valence-corrected chi connectivity index (χ0v) is 14.4. The van der Waals surface area contributed by atoms with Crippen LogP contribution in [0, 0.1) is 0 Å². The summed E-state index contributed by atoms with van der Waals surface area (Å²) in [7, 11) is 3.42. The molecule has 23 heavy (non-hydrogen) atoms. The average molecular weight is 330 g/mol. The van der Waals surface area contributed by atoms with Crippen LogP contribution in [0.5, 0.6) is 11.5 Å². The highest BCUT2D eigenvalue weighted by molar-refractivity contribution is 7.99. The summed E-state index contributed by atoms with van der Waals surface area (Å²) in [6, 6.07) is 14.5. The first kappa shape index (κ1) is 16.0. The first-order valence-corrected chi connectivity index (χ1v) is 8.57. The van der Waals surface area contributed by atoms with Crippen molar-refractivity contribution in [2.45, 2.75) is 9.79 Å². The molecule has 3 rings (SSSR count). The first-order valence-electron chi connectivity index (χ1n) is 7.76. The molecule has 0 amide bonds. The monoisotopic (exact) mass is 330 g/mol. The van der Waals surface area contributed by atoms with Gasteiger partial charge in [-0.25, -0.2) is 0 Å². The Hall–Kier alpha value is -1.85. The van der Waals surface area contributed by atoms with Crippen LogP contribution >= 0.6 is 11.8 Å². The number of hydrogen-bond acceptors (Lipinski definition) is 5. The maximum atomic E-state index is 5.55. The highest BCUT2D eigenvalue weighted by Gasteiger charge is 2.15. The van der Waals surface area contributed by atoms with Gasteiger partial charge in [0.05, 0.1) is 19.9 Å². The highest BCUT2D eigenvalue weighted by Crippen LogP contribution is 2.36. The second kappa shape index (κ2) is 7.62. The van der Waals surface area contributed by atoms with Gasteiger partial charge < -0.3 is 19.7 Å². The number of ether oxygens (including phenoxy) is 2. The molecule has 0 spiro atoms. The Morgan fingerprint density at radius 1 is 0.913 bits per heavy atom. The van der Waals surface area contributed by atoms with Gasteiger partial charge in [0.1, 0.15) is 11.5 Å². The summed E-state index contributed by atoms with van der Waals surface area (Å²) in [5, 5.41) is 3.39. The van der Waals surface area contributed by atoms with Crippen molar-refractivity contribution in [2.75, 3.05) is 45.3 Å². The summed E-state index contributed by atoms with van der Waals surface area (Å²) < 4.78 is 10.8. The van der Waals surface area contributed by atoms with Gasteiger partial charge >= 0.3 is 0 Å². The Bertz CT molecular complexity index is 640. The maximum Gasteiger partial charge on any atom is 0.142 e. The van der Waals surface area contributed by atoms with Crippen LogP contribution in [-0.2, 0) is 0 Å². The molecular weight excluding hydrogens is 308 g/mol. The number of rotatable bonds is 5. The van der Waals surface area contributed by atoms with Crippen molar-refractivity contribution < 1.29 is 9.47 Å². The van der Waals surface area contributed by atoms with E-state index in [4.69, 9.17) is 9.47 Å². The van der Waals surface area contributed by atoms with Crippen molar-refractivity contribution in [1.82, 2.24) is 5.32 Å². The summed E-state index contributed by atoms with van der Waals surface area (Å²) >= 11 is 1.75. The lowest BCUT2D eigenvalue weighted by atomic mass is 10.2. The van der Waals surface area contributed by atoms with Gasteiger partial charge in [-0.1, -0.05) is 11.8 Å². The van der Waals surface area contributed by atoms with E-state index in [0.29, 0.717) is 0 Å². The maximum absolute atomic E-state index is 5.55. The Morgan fingerprint density at radius 2 is 1.61 bits per heavy atom. The molecule has 0 saturated carbocycles. The number of hydrogen-bond donors (Lipinski definition) is 1. The van der Waals surface area contributed by atoms with Crippen LogP contribution in [0.2, 0.25) is 0 Å². The number of nitrogens with one attached hydrogen (secondary N) is 1. The predicted octanol–water partition coefficient (Wildman–Crippen LogP) is 3.26. The Balaban J connectivity index is 1.81. The fraction of sp³-hybridized carbons (Fsp3) is 0.333. The fourth-order valence-corrected chi connectivity index (χ4v) is 3.52. The van der Waals surface area contributed by atoms with Crippen LogP contribution < -0.4 is 19.7 Å². The van der Waals surface area contributed by atoms with Crippen molar-refractivity contribution in [3.63, 3.8) is 0 Å². The molecule has 0 unspecified atom stereocenters. The minimum Gasteiger partial charge on any atom is -0.497 e. The molecule has 1 heterocycles. The zero-order valence-electron chi connectivity index (χ0n) is 13.5. The van der Waals surface area contributed by atoms with Crippen molar-refractivity contribution >= 4 is 17.4 Å². The normalized spacial score (nSPS) is 14.6. The molecule has 0 aromatic heterocycles.